The Bertz CT molecular complexity index is 2930. The van der Waals surface area contributed by atoms with Gasteiger partial charge in [-0.2, -0.15) is 0 Å². The summed E-state index contributed by atoms with van der Waals surface area (Å²) in [5.74, 6) is 0. The van der Waals surface area contributed by atoms with Crippen LogP contribution >= 0.6 is 0 Å². The van der Waals surface area contributed by atoms with Gasteiger partial charge in [0.1, 0.15) is 11.2 Å². The van der Waals surface area contributed by atoms with Gasteiger partial charge in [-0.1, -0.05) is 131 Å². The van der Waals surface area contributed by atoms with Crippen LogP contribution in [0.1, 0.15) is 49.9 Å². The van der Waals surface area contributed by atoms with Crippen molar-refractivity contribution in [1.29, 1.82) is 0 Å². The summed E-state index contributed by atoms with van der Waals surface area (Å²) < 4.78 is 8.95. The Hall–Kier alpha value is -5.86. The average Bonchev–Trinajstić information content (AvgIpc) is 3.82. The Kier molecular flexibility index (Phi) is 5.28. The minimum Gasteiger partial charge on any atom is -0.455 e. The molecule has 0 bridgehead atoms. The highest BCUT2D eigenvalue weighted by Gasteiger charge is 2.39. The van der Waals surface area contributed by atoms with Crippen molar-refractivity contribution in [1.82, 2.24) is 4.57 Å². The molecule has 0 amide bonds. The quantitative estimate of drug-likeness (QED) is 0.184. The van der Waals surface area contributed by atoms with Crippen molar-refractivity contribution < 1.29 is 4.42 Å². The van der Waals surface area contributed by atoms with Gasteiger partial charge in [0, 0.05) is 43.6 Å². The lowest BCUT2D eigenvalue weighted by Gasteiger charge is -2.23. The van der Waals surface area contributed by atoms with Gasteiger partial charge in [0.15, 0.2) is 0 Å². The predicted octanol–water partition coefficient (Wildman–Crippen LogP) is 13.0. The minimum atomic E-state index is -0.178. The Morgan fingerprint density at radius 2 is 1.12 bits per heavy atom. The maximum atomic E-state index is 6.45. The summed E-state index contributed by atoms with van der Waals surface area (Å²) in [6.07, 6.45) is 0. The number of furan rings is 1. The molecule has 7 aromatic carbocycles. The molecule has 0 fully saturated rings. The molecule has 0 atom stereocenters. The topological polar surface area (TPSA) is 18.1 Å². The largest absolute Gasteiger partial charge is 0.455 e. The fourth-order valence-corrected chi connectivity index (χ4v) is 9.62. The lowest BCUT2D eigenvalue weighted by molar-refractivity contribution is 0.659. The fourth-order valence-electron chi connectivity index (χ4n) is 9.62. The molecule has 2 aliphatic carbocycles. The standard InChI is InChI=1S/C48H35NO/c1-47(2)39-26-28(30-15-11-16-36-34-13-7-10-19-43(34)50-46(30)36)20-22-32(39)33-23-21-29(27-40(33)47)49-41-18-9-6-14-37(41)44-42(49)25-24-35-31-12-5-8-17-38(31)48(3,4)45(35)44/h5-27H,1-4H3. The van der Waals surface area contributed by atoms with E-state index in [1.165, 1.54) is 77.6 Å². The molecule has 2 heterocycles. The zero-order valence-electron chi connectivity index (χ0n) is 28.6. The van der Waals surface area contributed by atoms with Crippen LogP contribution in [0, 0.1) is 0 Å². The number of nitrogens with zero attached hydrogens (tertiary/aromatic N) is 1. The van der Waals surface area contributed by atoms with Crippen LogP contribution in [0.4, 0.5) is 0 Å². The number of hydrogen-bond donors (Lipinski definition) is 0. The van der Waals surface area contributed by atoms with Crippen molar-refractivity contribution >= 4 is 43.7 Å². The SMILES string of the molecule is CC1(C)c2cc(-c3cccc4c3oc3ccccc34)ccc2-c2ccc(-n3c4ccccc4c4c5c(ccc43)-c3ccccc3C5(C)C)cc21. The molecule has 11 rings (SSSR count). The van der Waals surface area contributed by atoms with E-state index in [4.69, 9.17) is 4.42 Å². The Morgan fingerprint density at radius 1 is 0.460 bits per heavy atom. The number of fused-ring (bicyclic) bond motifs is 13. The second-order valence-electron chi connectivity index (χ2n) is 15.3. The molecular formula is C48H35NO. The number of rotatable bonds is 2. The lowest BCUT2D eigenvalue weighted by Crippen LogP contribution is -2.15. The first kappa shape index (κ1) is 28.0. The summed E-state index contributed by atoms with van der Waals surface area (Å²) in [6.45, 7) is 9.54. The monoisotopic (exact) mass is 641 g/mol. The molecule has 50 heavy (non-hydrogen) atoms. The predicted molar refractivity (Wildman–Crippen MR) is 209 cm³/mol. The summed E-state index contributed by atoms with van der Waals surface area (Å²) in [5.41, 5.74) is 18.6. The smallest absolute Gasteiger partial charge is 0.143 e. The normalized spacial score (nSPS) is 15.1. The highest BCUT2D eigenvalue weighted by atomic mass is 16.3. The highest BCUT2D eigenvalue weighted by molar-refractivity contribution is 6.14. The summed E-state index contributed by atoms with van der Waals surface area (Å²) in [6, 6.07) is 51.6. The maximum absolute atomic E-state index is 6.45. The van der Waals surface area contributed by atoms with Gasteiger partial charge in [0.25, 0.3) is 0 Å². The van der Waals surface area contributed by atoms with Crippen molar-refractivity contribution in [2.24, 2.45) is 0 Å². The second kappa shape index (κ2) is 9.43. The summed E-state index contributed by atoms with van der Waals surface area (Å²) in [5, 5.41) is 5.00. The van der Waals surface area contributed by atoms with Gasteiger partial charge < -0.3 is 8.98 Å². The van der Waals surface area contributed by atoms with Crippen molar-refractivity contribution in [3.8, 4) is 39.1 Å². The molecule has 2 aliphatic rings. The second-order valence-corrected chi connectivity index (χ2v) is 15.3. The molecule has 0 saturated carbocycles. The van der Waals surface area contributed by atoms with Crippen LogP contribution in [0.2, 0.25) is 0 Å². The molecule has 0 N–H and O–H groups in total. The highest BCUT2D eigenvalue weighted by Crippen LogP contribution is 2.54. The van der Waals surface area contributed by atoms with Gasteiger partial charge in [-0.15, -0.1) is 0 Å². The van der Waals surface area contributed by atoms with Crippen molar-refractivity contribution in [3.05, 3.63) is 162 Å². The van der Waals surface area contributed by atoms with E-state index >= 15 is 0 Å². The Morgan fingerprint density at radius 3 is 2.00 bits per heavy atom. The minimum absolute atomic E-state index is 0.0909. The van der Waals surface area contributed by atoms with E-state index in [0.717, 1.165) is 27.5 Å². The molecule has 9 aromatic rings. The van der Waals surface area contributed by atoms with E-state index in [2.05, 4.69) is 166 Å². The third kappa shape index (κ3) is 3.43. The molecule has 238 valence electrons. The molecule has 2 aromatic heterocycles. The van der Waals surface area contributed by atoms with Gasteiger partial charge in [0.05, 0.1) is 11.0 Å². The first-order chi connectivity index (χ1) is 24.3. The van der Waals surface area contributed by atoms with Gasteiger partial charge >= 0.3 is 0 Å². The molecule has 0 aliphatic heterocycles. The van der Waals surface area contributed by atoms with E-state index in [1.54, 1.807) is 0 Å². The summed E-state index contributed by atoms with van der Waals surface area (Å²) in [4.78, 5) is 0. The van der Waals surface area contributed by atoms with Crippen molar-refractivity contribution in [3.63, 3.8) is 0 Å². The van der Waals surface area contributed by atoms with Gasteiger partial charge in [0.2, 0.25) is 0 Å². The first-order valence-corrected chi connectivity index (χ1v) is 17.7. The summed E-state index contributed by atoms with van der Waals surface area (Å²) in [7, 11) is 0. The molecule has 0 radical (unpaired) electrons. The van der Waals surface area contributed by atoms with Gasteiger partial charge in [-0.3, -0.25) is 0 Å². The number of benzene rings is 7. The van der Waals surface area contributed by atoms with Crippen molar-refractivity contribution in [2.75, 3.05) is 0 Å². The number of para-hydroxylation sites is 3. The average molecular weight is 642 g/mol. The van der Waals surface area contributed by atoms with Gasteiger partial charge in [-0.25, -0.2) is 0 Å². The molecule has 2 nitrogen and oxygen atoms in total. The molecule has 0 unspecified atom stereocenters. The number of hydrogen-bond acceptors (Lipinski definition) is 1. The van der Waals surface area contributed by atoms with Crippen LogP contribution in [-0.2, 0) is 10.8 Å². The maximum Gasteiger partial charge on any atom is 0.143 e. The van der Waals surface area contributed by atoms with Crippen LogP contribution in [0.25, 0.3) is 82.8 Å². The van der Waals surface area contributed by atoms with Gasteiger partial charge in [-0.05, 0) is 86.5 Å². The lowest BCUT2D eigenvalue weighted by atomic mass is 9.80. The Balaban J connectivity index is 1.09. The van der Waals surface area contributed by atoms with Crippen LogP contribution in [-0.4, -0.2) is 4.57 Å². The third-order valence-corrected chi connectivity index (χ3v) is 12.0. The van der Waals surface area contributed by atoms with E-state index in [1.807, 2.05) is 6.07 Å². The third-order valence-electron chi connectivity index (χ3n) is 12.0. The van der Waals surface area contributed by atoms with E-state index in [-0.39, 0.29) is 10.8 Å². The molecule has 0 spiro atoms. The first-order valence-electron chi connectivity index (χ1n) is 17.7. The van der Waals surface area contributed by atoms with E-state index in [9.17, 15) is 0 Å². The molecule has 2 heteroatoms. The van der Waals surface area contributed by atoms with Crippen molar-refractivity contribution in [2.45, 2.75) is 38.5 Å². The van der Waals surface area contributed by atoms with Crippen LogP contribution in [0.15, 0.2) is 144 Å². The van der Waals surface area contributed by atoms with Crippen LogP contribution in [0.3, 0.4) is 0 Å². The Labute approximate surface area is 291 Å². The van der Waals surface area contributed by atoms with E-state index in [0.29, 0.717) is 0 Å². The fraction of sp³-hybridized carbons (Fsp3) is 0.125. The van der Waals surface area contributed by atoms with E-state index < -0.39 is 0 Å². The summed E-state index contributed by atoms with van der Waals surface area (Å²) >= 11 is 0. The molecular weight excluding hydrogens is 607 g/mol. The van der Waals surface area contributed by atoms with Crippen LogP contribution < -0.4 is 0 Å². The number of aromatic nitrogens is 1. The van der Waals surface area contributed by atoms with Crippen LogP contribution in [0.5, 0.6) is 0 Å². The molecule has 0 saturated heterocycles. The zero-order valence-corrected chi connectivity index (χ0v) is 28.6. The zero-order chi connectivity index (χ0) is 33.5.